The van der Waals surface area contributed by atoms with Gasteiger partial charge in [-0.3, -0.25) is 4.68 Å². The number of ether oxygens (including phenoxy) is 1. The summed E-state index contributed by atoms with van der Waals surface area (Å²) in [5.41, 5.74) is 1.49. The summed E-state index contributed by atoms with van der Waals surface area (Å²) in [4.78, 5) is 0.295. The predicted octanol–water partition coefficient (Wildman–Crippen LogP) is 3.03. The Morgan fingerprint density at radius 1 is 1.33 bits per heavy atom. The molecule has 1 N–H and O–H groups in total. The van der Waals surface area contributed by atoms with Crippen LogP contribution in [0, 0.1) is 5.92 Å². The molecule has 0 spiro atoms. The molecule has 0 saturated heterocycles. The van der Waals surface area contributed by atoms with E-state index in [0.29, 0.717) is 36.4 Å². The molecular formula is C18H21F2N3O3S. The molecule has 1 aromatic heterocycles. The normalized spacial score (nSPS) is 15.3. The smallest absolute Gasteiger partial charge is 0.387 e. The fraction of sp³-hybridized carbons (Fsp3) is 0.389. The lowest BCUT2D eigenvalue weighted by Gasteiger charge is -2.19. The quantitative estimate of drug-likeness (QED) is 0.743. The minimum Gasteiger partial charge on any atom is -0.435 e. The summed E-state index contributed by atoms with van der Waals surface area (Å²) >= 11 is 0. The Bertz CT molecular complexity index is 912. The fourth-order valence-electron chi connectivity index (χ4n) is 2.97. The van der Waals surface area contributed by atoms with Crippen molar-refractivity contribution in [1.29, 1.82) is 0 Å². The molecule has 27 heavy (non-hydrogen) atoms. The molecule has 2 aromatic rings. The Balaban J connectivity index is 1.65. The van der Waals surface area contributed by atoms with Crippen LogP contribution in [0.4, 0.5) is 8.78 Å². The molecule has 0 aliphatic heterocycles. The van der Waals surface area contributed by atoms with Crippen LogP contribution in [0.1, 0.15) is 24.5 Å². The Hall–Kier alpha value is -2.26. The number of alkyl halides is 2. The molecule has 9 heteroatoms. The molecule has 0 fully saturated rings. The van der Waals surface area contributed by atoms with E-state index in [2.05, 4.69) is 14.6 Å². The minimum absolute atomic E-state index is 0.0743. The Kier molecular flexibility index (Phi) is 5.91. The van der Waals surface area contributed by atoms with Gasteiger partial charge in [0.05, 0.1) is 4.91 Å². The van der Waals surface area contributed by atoms with Crippen molar-refractivity contribution >= 4 is 16.1 Å². The van der Waals surface area contributed by atoms with Gasteiger partial charge in [0.15, 0.2) is 0 Å². The molecule has 1 aliphatic carbocycles. The number of benzene rings is 1. The molecule has 1 unspecified atom stereocenters. The van der Waals surface area contributed by atoms with E-state index in [9.17, 15) is 17.2 Å². The average molecular weight is 397 g/mol. The molecule has 0 saturated carbocycles. The van der Waals surface area contributed by atoms with Crippen molar-refractivity contribution in [2.75, 3.05) is 6.54 Å². The van der Waals surface area contributed by atoms with Gasteiger partial charge in [0.25, 0.3) is 0 Å². The minimum atomic E-state index is -3.60. The first-order valence-corrected chi connectivity index (χ1v) is 10.1. The van der Waals surface area contributed by atoms with Crippen LogP contribution in [0.3, 0.4) is 0 Å². The van der Waals surface area contributed by atoms with Gasteiger partial charge in [-0.1, -0.05) is 13.0 Å². The zero-order chi connectivity index (χ0) is 19.4. The van der Waals surface area contributed by atoms with Crippen molar-refractivity contribution in [3.63, 3.8) is 0 Å². The largest absolute Gasteiger partial charge is 0.435 e. The summed E-state index contributed by atoms with van der Waals surface area (Å²) in [5.74, 6) is 0.152. The van der Waals surface area contributed by atoms with Gasteiger partial charge >= 0.3 is 6.61 Å². The molecule has 0 radical (unpaired) electrons. The van der Waals surface area contributed by atoms with Gasteiger partial charge in [0.1, 0.15) is 5.75 Å². The second-order valence-corrected chi connectivity index (χ2v) is 8.35. The Labute approximate surface area is 156 Å². The molecule has 0 bridgehead atoms. The SMILES string of the molecule is CC(CNS(=O)(=O)C1=Cc2ccc(OC(F)F)cc2CC1)Cn1cccn1. The van der Waals surface area contributed by atoms with E-state index >= 15 is 0 Å². The highest BCUT2D eigenvalue weighted by molar-refractivity contribution is 7.93. The van der Waals surface area contributed by atoms with Gasteiger partial charge < -0.3 is 4.74 Å². The summed E-state index contributed by atoms with van der Waals surface area (Å²) in [7, 11) is -3.60. The van der Waals surface area contributed by atoms with Gasteiger partial charge in [-0.2, -0.15) is 13.9 Å². The first-order chi connectivity index (χ1) is 12.8. The van der Waals surface area contributed by atoms with Crippen molar-refractivity contribution < 1.29 is 21.9 Å². The highest BCUT2D eigenvalue weighted by Crippen LogP contribution is 2.30. The number of hydrogen-bond acceptors (Lipinski definition) is 4. The van der Waals surface area contributed by atoms with Crippen LogP contribution in [0.25, 0.3) is 6.08 Å². The lowest BCUT2D eigenvalue weighted by atomic mass is 9.97. The zero-order valence-corrected chi connectivity index (χ0v) is 15.6. The first kappa shape index (κ1) is 19.5. The van der Waals surface area contributed by atoms with Gasteiger partial charge in [-0.15, -0.1) is 0 Å². The fourth-order valence-corrected chi connectivity index (χ4v) is 4.31. The number of fused-ring (bicyclic) bond motifs is 1. The van der Waals surface area contributed by atoms with Gasteiger partial charge in [0, 0.05) is 25.5 Å². The number of rotatable bonds is 8. The highest BCUT2D eigenvalue weighted by atomic mass is 32.2. The maximum Gasteiger partial charge on any atom is 0.387 e. The first-order valence-electron chi connectivity index (χ1n) is 8.59. The number of sulfonamides is 1. The summed E-state index contributed by atoms with van der Waals surface area (Å²) in [6.45, 7) is -0.0250. The van der Waals surface area contributed by atoms with E-state index in [1.165, 1.54) is 12.1 Å². The third-order valence-corrected chi connectivity index (χ3v) is 5.88. The molecule has 6 nitrogen and oxygen atoms in total. The van der Waals surface area contributed by atoms with Crippen molar-refractivity contribution in [2.24, 2.45) is 5.92 Å². The lowest BCUT2D eigenvalue weighted by Crippen LogP contribution is -2.31. The predicted molar refractivity (Wildman–Crippen MR) is 97.7 cm³/mol. The van der Waals surface area contributed by atoms with Crippen LogP contribution >= 0.6 is 0 Å². The molecule has 146 valence electrons. The van der Waals surface area contributed by atoms with Crippen LogP contribution in [0.5, 0.6) is 5.75 Å². The molecule has 1 heterocycles. The van der Waals surface area contributed by atoms with Crippen LogP contribution in [-0.4, -0.2) is 31.4 Å². The highest BCUT2D eigenvalue weighted by Gasteiger charge is 2.23. The number of aromatic nitrogens is 2. The van der Waals surface area contributed by atoms with E-state index in [0.717, 1.165) is 5.56 Å². The van der Waals surface area contributed by atoms with Crippen molar-refractivity contribution in [3.05, 3.63) is 52.7 Å². The number of halogens is 2. The maximum absolute atomic E-state index is 12.6. The number of allylic oxidation sites excluding steroid dienone is 1. The van der Waals surface area contributed by atoms with E-state index in [1.54, 1.807) is 23.0 Å². The number of hydrogen-bond donors (Lipinski definition) is 1. The third kappa shape index (κ3) is 5.14. The van der Waals surface area contributed by atoms with Crippen LogP contribution in [0.15, 0.2) is 41.6 Å². The standard InChI is InChI=1S/C18H21F2N3O3S/c1-13(12-23-8-2-7-21-23)11-22-27(24,25)17-6-4-14-9-16(26-18(19)20)5-3-15(14)10-17/h2-3,5,7-10,13,18,22H,4,6,11-12H2,1H3. The summed E-state index contributed by atoms with van der Waals surface area (Å²) in [6, 6.07) is 6.36. The van der Waals surface area contributed by atoms with E-state index in [1.807, 2.05) is 19.2 Å². The Morgan fingerprint density at radius 2 is 2.15 bits per heavy atom. The maximum atomic E-state index is 12.6. The zero-order valence-electron chi connectivity index (χ0n) is 14.8. The molecular weight excluding hydrogens is 376 g/mol. The summed E-state index contributed by atoms with van der Waals surface area (Å²) < 4.78 is 58.6. The topological polar surface area (TPSA) is 73.2 Å². The molecule has 1 atom stereocenters. The van der Waals surface area contributed by atoms with Gasteiger partial charge in [0.2, 0.25) is 10.0 Å². The summed E-state index contributed by atoms with van der Waals surface area (Å²) in [6.07, 6.45) is 5.86. The molecule has 1 aromatic carbocycles. The van der Waals surface area contributed by atoms with Crippen LogP contribution in [-0.2, 0) is 23.0 Å². The number of aryl methyl sites for hydroxylation is 1. The molecule has 3 rings (SSSR count). The number of nitrogens with zero attached hydrogens (tertiary/aromatic N) is 2. The van der Waals surface area contributed by atoms with E-state index in [-0.39, 0.29) is 11.7 Å². The van der Waals surface area contributed by atoms with Crippen molar-refractivity contribution in [3.8, 4) is 5.75 Å². The van der Waals surface area contributed by atoms with Crippen LogP contribution < -0.4 is 9.46 Å². The monoisotopic (exact) mass is 397 g/mol. The van der Waals surface area contributed by atoms with Crippen LogP contribution in [0.2, 0.25) is 0 Å². The van der Waals surface area contributed by atoms with Gasteiger partial charge in [-0.05, 0) is 54.2 Å². The molecule has 0 amide bonds. The van der Waals surface area contributed by atoms with Crippen molar-refractivity contribution in [1.82, 2.24) is 14.5 Å². The molecule has 1 aliphatic rings. The van der Waals surface area contributed by atoms with E-state index < -0.39 is 16.6 Å². The van der Waals surface area contributed by atoms with Gasteiger partial charge in [-0.25, -0.2) is 13.1 Å². The number of nitrogens with one attached hydrogen (secondary N) is 1. The van der Waals surface area contributed by atoms with Crippen molar-refractivity contribution in [2.45, 2.75) is 32.9 Å². The second kappa shape index (κ2) is 8.18. The third-order valence-electron chi connectivity index (χ3n) is 4.32. The summed E-state index contributed by atoms with van der Waals surface area (Å²) in [5, 5.41) is 4.11. The Morgan fingerprint density at radius 3 is 2.85 bits per heavy atom. The lowest BCUT2D eigenvalue weighted by molar-refractivity contribution is -0.0498. The average Bonchev–Trinajstić information content (AvgIpc) is 3.12. The second-order valence-electron chi connectivity index (χ2n) is 6.53. The van der Waals surface area contributed by atoms with E-state index in [4.69, 9.17) is 0 Å².